The highest BCUT2D eigenvalue weighted by molar-refractivity contribution is 5.51. The Kier molecular flexibility index (Phi) is 3.95. The van der Waals surface area contributed by atoms with Gasteiger partial charge < -0.3 is 15.2 Å². The van der Waals surface area contributed by atoms with Crippen LogP contribution < -0.4 is 15.2 Å². The molecule has 0 saturated carbocycles. The van der Waals surface area contributed by atoms with Crippen LogP contribution in [0.2, 0.25) is 0 Å². The first-order chi connectivity index (χ1) is 9.08. The summed E-state index contributed by atoms with van der Waals surface area (Å²) in [6, 6.07) is 11.4. The van der Waals surface area contributed by atoms with Crippen molar-refractivity contribution in [1.82, 2.24) is 0 Å². The van der Waals surface area contributed by atoms with Gasteiger partial charge >= 0.3 is 0 Å². The van der Waals surface area contributed by atoms with Gasteiger partial charge in [-0.25, -0.2) is 0 Å². The third-order valence-electron chi connectivity index (χ3n) is 2.93. The van der Waals surface area contributed by atoms with Crippen LogP contribution in [-0.2, 0) is 0 Å². The van der Waals surface area contributed by atoms with Crippen LogP contribution >= 0.6 is 0 Å². The Balaban J connectivity index is 2.24. The molecule has 0 heterocycles. The fourth-order valence-corrected chi connectivity index (χ4v) is 1.82. The first-order valence-corrected chi connectivity index (χ1v) is 6.37. The summed E-state index contributed by atoms with van der Waals surface area (Å²) in [5.41, 5.74) is 8.91. The van der Waals surface area contributed by atoms with Crippen molar-refractivity contribution in [3.63, 3.8) is 0 Å². The second kappa shape index (κ2) is 5.65. The van der Waals surface area contributed by atoms with E-state index in [2.05, 4.69) is 13.8 Å². The Morgan fingerprint density at radius 3 is 2.32 bits per heavy atom. The van der Waals surface area contributed by atoms with Crippen LogP contribution in [0.5, 0.6) is 17.2 Å². The van der Waals surface area contributed by atoms with Gasteiger partial charge in [-0.1, -0.05) is 6.07 Å². The highest BCUT2D eigenvalue weighted by atomic mass is 16.5. The quantitative estimate of drug-likeness (QED) is 0.839. The molecular weight excluding hydrogens is 238 g/mol. The van der Waals surface area contributed by atoms with Crippen LogP contribution in [0.3, 0.4) is 0 Å². The van der Waals surface area contributed by atoms with E-state index in [1.165, 1.54) is 11.1 Å². The predicted octanol–water partition coefficient (Wildman–Crippen LogP) is 4.08. The van der Waals surface area contributed by atoms with Gasteiger partial charge in [-0.15, -0.1) is 0 Å². The molecule has 0 aliphatic rings. The lowest BCUT2D eigenvalue weighted by Crippen LogP contribution is -1.95. The van der Waals surface area contributed by atoms with Crippen molar-refractivity contribution < 1.29 is 9.47 Å². The number of nitrogens with two attached hydrogens (primary N) is 1. The number of benzene rings is 2. The molecule has 19 heavy (non-hydrogen) atoms. The summed E-state index contributed by atoms with van der Waals surface area (Å²) in [5, 5.41) is 0. The normalized spacial score (nSPS) is 10.3. The van der Waals surface area contributed by atoms with Crippen LogP contribution in [0.4, 0.5) is 5.69 Å². The first-order valence-electron chi connectivity index (χ1n) is 6.37. The summed E-state index contributed by atoms with van der Waals surface area (Å²) in [6.07, 6.45) is 0. The molecule has 100 valence electrons. The SMILES string of the molecule is CCOc1cc(N)cc(Oc2ccc(C)c(C)c2)c1. The zero-order valence-corrected chi connectivity index (χ0v) is 11.6. The van der Waals surface area contributed by atoms with E-state index in [1.54, 1.807) is 12.1 Å². The van der Waals surface area contributed by atoms with Crippen LogP contribution in [0.1, 0.15) is 18.1 Å². The molecule has 0 spiro atoms. The summed E-state index contributed by atoms with van der Waals surface area (Å²) in [7, 11) is 0. The second-order valence-corrected chi connectivity index (χ2v) is 4.52. The molecule has 0 saturated heterocycles. The molecule has 0 unspecified atom stereocenters. The van der Waals surface area contributed by atoms with Crippen molar-refractivity contribution in [2.45, 2.75) is 20.8 Å². The Morgan fingerprint density at radius 1 is 0.895 bits per heavy atom. The minimum atomic E-state index is 0.604. The molecule has 3 heteroatoms. The zero-order chi connectivity index (χ0) is 13.8. The minimum Gasteiger partial charge on any atom is -0.494 e. The third-order valence-corrected chi connectivity index (χ3v) is 2.93. The molecule has 0 aliphatic heterocycles. The average molecular weight is 257 g/mol. The summed E-state index contributed by atoms with van der Waals surface area (Å²) in [6.45, 7) is 6.68. The standard InChI is InChI=1S/C16H19NO2/c1-4-18-15-8-13(17)9-16(10-15)19-14-6-5-11(2)12(3)7-14/h5-10H,4,17H2,1-3H3. The number of nitrogen functional groups attached to an aromatic ring is 1. The van der Waals surface area contributed by atoms with Crippen molar-refractivity contribution in [2.24, 2.45) is 0 Å². The smallest absolute Gasteiger partial charge is 0.133 e. The van der Waals surface area contributed by atoms with Gasteiger partial charge in [0, 0.05) is 23.9 Å². The Morgan fingerprint density at radius 2 is 1.63 bits per heavy atom. The molecule has 0 aromatic heterocycles. The molecule has 0 aliphatic carbocycles. The van der Waals surface area contributed by atoms with Gasteiger partial charge in [0.05, 0.1) is 6.61 Å². The topological polar surface area (TPSA) is 44.5 Å². The van der Waals surface area contributed by atoms with Gasteiger partial charge in [0.25, 0.3) is 0 Å². The third kappa shape index (κ3) is 3.41. The van der Waals surface area contributed by atoms with Gasteiger partial charge in [0.15, 0.2) is 0 Å². The number of aryl methyl sites for hydroxylation is 2. The number of hydrogen-bond donors (Lipinski definition) is 1. The van der Waals surface area contributed by atoms with E-state index < -0.39 is 0 Å². The van der Waals surface area contributed by atoms with Crippen molar-refractivity contribution in [2.75, 3.05) is 12.3 Å². The van der Waals surface area contributed by atoms with Gasteiger partial charge in [-0.3, -0.25) is 0 Å². The van der Waals surface area contributed by atoms with Crippen molar-refractivity contribution in [1.29, 1.82) is 0 Å². The van der Waals surface area contributed by atoms with Gasteiger partial charge in [-0.05, 0) is 44.0 Å². The van der Waals surface area contributed by atoms with Crippen molar-refractivity contribution in [3.8, 4) is 17.2 Å². The maximum atomic E-state index is 5.84. The molecule has 2 rings (SSSR count). The lowest BCUT2D eigenvalue weighted by molar-refractivity contribution is 0.338. The van der Waals surface area contributed by atoms with Crippen LogP contribution in [-0.4, -0.2) is 6.61 Å². The van der Waals surface area contributed by atoms with E-state index in [-0.39, 0.29) is 0 Å². The Labute approximate surface area is 114 Å². The number of ether oxygens (including phenoxy) is 2. The van der Waals surface area contributed by atoms with E-state index >= 15 is 0 Å². The maximum Gasteiger partial charge on any atom is 0.133 e. The van der Waals surface area contributed by atoms with Crippen LogP contribution in [0, 0.1) is 13.8 Å². The van der Waals surface area contributed by atoms with Gasteiger partial charge in [-0.2, -0.15) is 0 Å². The van der Waals surface area contributed by atoms with Crippen LogP contribution in [0.15, 0.2) is 36.4 Å². The van der Waals surface area contributed by atoms with E-state index in [4.69, 9.17) is 15.2 Å². The Hall–Kier alpha value is -2.16. The highest BCUT2D eigenvalue weighted by Crippen LogP contribution is 2.29. The molecule has 0 bridgehead atoms. The van der Waals surface area contributed by atoms with E-state index in [0.717, 1.165) is 11.5 Å². The zero-order valence-electron chi connectivity index (χ0n) is 11.6. The Bertz CT molecular complexity index is 579. The molecule has 3 nitrogen and oxygen atoms in total. The van der Waals surface area contributed by atoms with Crippen LogP contribution in [0.25, 0.3) is 0 Å². The summed E-state index contributed by atoms with van der Waals surface area (Å²) < 4.78 is 11.3. The summed E-state index contributed by atoms with van der Waals surface area (Å²) in [5.74, 6) is 2.21. The van der Waals surface area contributed by atoms with E-state index in [9.17, 15) is 0 Å². The lowest BCUT2D eigenvalue weighted by Gasteiger charge is -2.11. The summed E-state index contributed by atoms with van der Waals surface area (Å²) in [4.78, 5) is 0. The molecule has 2 N–H and O–H groups in total. The minimum absolute atomic E-state index is 0.604. The largest absolute Gasteiger partial charge is 0.494 e. The molecule has 0 atom stereocenters. The molecule has 0 fully saturated rings. The van der Waals surface area contributed by atoms with E-state index in [0.29, 0.717) is 18.0 Å². The van der Waals surface area contributed by atoms with Gasteiger partial charge in [0.1, 0.15) is 17.2 Å². The molecule has 0 amide bonds. The number of rotatable bonds is 4. The lowest BCUT2D eigenvalue weighted by atomic mass is 10.1. The van der Waals surface area contributed by atoms with Crippen molar-refractivity contribution in [3.05, 3.63) is 47.5 Å². The van der Waals surface area contributed by atoms with E-state index in [1.807, 2.05) is 31.2 Å². The monoisotopic (exact) mass is 257 g/mol. The van der Waals surface area contributed by atoms with Gasteiger partial charge in [0.2, 0.25) is 0 Å². The molecule has 0 radical (unpaired) electrons. The fourth-order valence-electron chi connectivity index (χ4n) is 1.82. The molecule has 2 aromatic rings. The molecule has 2 aromatic carbocycles. The predicted molar refractivity (Wildman–Crippen MR) is 78.0 cm³/mol. The number of hydrogen-bond acceptors (Lipinski definition) is 3. The second-order valence-electron chi connectivity index (χ2n) is 4.52. The highest BCUT2D eigenvalue weighted by Gasteiger charge is 2.03. The maximum absolute atomic E-state index is 5.84. The average Bonchev–Trinajstić information content (AvgIpc) is 2.33. The number of anilines is 1. The van der Waals surface area contributed by atoms with Crippen molar-refractivity contribution >= 4 is 5.69 Å². The molecular formula is C16H19NO2. The first kappa shape index (κ1) is 13.3. The fraction of sp³-hybridized carbons (Fsp3) is 0.250. The summed E-state index contributed by atoms with van der Waals surface area (Å²) >= 11 is 0.